The number of carbonyl (C=O) groups is 2. The van der Waals surface area contributed by atoms with Crippen LogP contribution in [0.2, 0.25) is 0 Å². The standard InChI is InChI=1S/C15H20N2O3/c1-10-3-2-4-12(14(10)15(19)20)17-13(18)9-11-5-7-16-8-6-11/h2-4,11,16H,5-9H2,1H3,(H,17,18)(H,19,20). The van der Waals surface area contributed by atoms with Gasteiger partial charge in [0.15, 0.2) is 0 Å². The highest BCUT2D eigenvalue weighted by molar-refractivity contribution is 6.01. The molecular formula is C15H20N2O3. The van der Waals surface area contributed by atoms with Crippen molar-refractivity contribution in [2.75, 3.05) is 18.4 Å². The third-order valence-corrected chi connectivity index (χ3v) is 3.69. The Morgan fingerprint density at radius 3 is 2.70 bits per heavy atom. The zero-order chi connectivity index (χ0) is 14.5. The first kappa shape index (κ1) is 14.5. The summed E-state index contributed by atoms with van der Waals surface area (Å²) in [5.41, 5.74) is 1.21. The predicted octanol–water partition coefficient (Wildman–Crippen LogP) is 2.02. The number of aromatic carboxylic acids is 1. The minimum atomic E-state index is -1.01. The van der Waals surface area contributed by atoms with Gasteiger partial charge in [-0.05, 0) is 50.4 Å². The van der Waals surface area contributed by atoms with E-state index >= 15 is 0 Å². The summed E-state index contributed by atoms with van der Waals surface area (Å²) in [6.07, 6.45) is 2.44. The number of rotatable bonds is 4. The van der Waals surface area contributed by atoms with Gasteiger partial charge in [-0.25, -0.2) is 4.79 Å². The number of anilines is 1. The number of aryl methyl sites for hydroxylation is 1. The molecule has 1 aliphatic heterocycles. The van der Waals surface area contributed by atoms with E-state index in [1.165, 1.54) is 0 Å². The summed E-state index contributed by atoms with van der Waals surface area (Å²) in [5.74, 6) is -0.736. The molecule has 0 saturated carbocycles. The number of carboxylic acids is 1. The number of piperidine rings is 1. The van der Waals surface area contributed by atoms with Gasteiger partial charge in [0.25, 0.3) is 0 Å². The predicted molar refractivity (Wildman–Crippen MR) is 77.0 cm³/mol. The minimum absolute atomic E-state index is 0.106. The molecule has 5 heteroatoms. The van der Waals surface area contributed by atoms with E-state index in [2.05, 4.69) is 10.6 Å². The molecule has 1 heterocycles. The average molecular weight is 276 g/mol. The average Bonchev–Trinajstić information content (AvgIpc) is 2.39. The molecule has 2 rings (SSSR count). The molecule has 1 fully saturated rings. The third-order valence-electron chi connectivity index (χ3n) is 3.69. The van der Waals surface area contributed by atoms with E-state index in [1.807, 2.05) is 0 Å². The topological polar surface area (TPSA) is 78.4 Å². The summed E-state index contributed by atoms with van der Waals surface area (Å²) in [7, 11) is 0. The molecule has 1 aromatic rings. The second-order valence-corrected chi connectivity index (χ2v) is 5.25. The molecule has 0 spiro atoms. The van der Waals surface area contributed by atoms with Gasteiger partial charge in [-0.3, -0.25) is 4.79 Å². The third kappa shape index (κ3) is 3.57. The van der Waals surface area contributed by atoms with Crippen molar-refractivity contribution < 1.29 is 14.7 Å². The van der Waals surface area contributed by atoms with Crippen LogP contribution in [-0.4, -0.2) is 30.1 Å². The van der Waals surface area contributed by atoms with Crippen molar-refractivity contribution in [3.05, 3.63) is 29.3 Å². The molecule has 1 saturated heterocycles. The molecule has 3 N–H and O–H groups in total. The van der Waals surface area contributed by atoms with E-state index in [1.54, 1.807) is 25.1 Å². The Kier molecular flexibility index (Phi) is 4.74. The normalized spacial score (nSPS) is 15.8. The summed E-state index contributed by atoms with van der Waals surface area (Å²) < 4.78 is 0. The van der Waals surface area contributed by atoms with Crippen molar-refractivity contribution in [2.45, 2.75) is 26.2 Å². The Bertz CT molecular complexity index is 508. The van der Waals surface area contributed by atoms with Crippen LogP contribution in [0, 0.1) is 12.8 Å². The van der Waals surface area contributed by atoms with Crippen LogP contribution in [0.25, 0.3) is 0 Å². The van der Waals surface area contributed by atoms with Gasteiger partial charge in [-0.1, -0.05) is 12.1 Å². The van der Waals surface area contributed by atoms with Crippen LogP contribution in [0.15, 0.2) is 18.2 Å². The van der Waals surface area contributed by atoms with Crippen LogP contribution >= 0.6 is 0 Å². The van der Waals surface area contributed by atoms with Crippen molar-refractivity contribution in [1.29, 1.82) is 0 Å². The van der Waals surface area contributed by atoms with Crippen molar-refractivity contribution in [1.82, 2.24) is 5.32 Å². The van der Waals surface area contributed by atoms with Crippen LogP contribution in [0.3, 0.4) is 0 Å². The van der Waals surface area contributed by atoms with E-state index in [0.29, 0.717) is 23.6 Å². The lowest BCUT2D eigenvalue weighted by molar-refractivity contribution is -0.117. The maximum Gasteiger partial charge on any atom is 0.338 e. The number of nitrogens with one attached hydrogen (secondary N) is 2. The molecule has 1 aromatic carbocycles. The Labute approximate surface area is 118 Å². The molecule has 1 amide bonds. The van der Waals surface area contributed by atoms with E-state index < -0.39 is 5.97 Å². The molecule has 0 radical (unpaired) electrons. The van der Waals surface area contributed by atoms with Crippen molar-refractivity contribution in [2.24, 2.45) is 5.92 Å². The Morgan fingerprint density at radius 1 is 1.35 bits per heavy atom. The van der Waals surface area contributed by atoms with Gasteiger partial charge >= 0.3 is 5.97 Å². The fourth-order valence-corrected chi connectivity index (χ4v) is 2.61. The van der Waals surface area contributed by atoms with Crippen LogP contribution in [0.4, 0.5) is 5.69 Å². The number of carbonyl (C=O) groups excluding carboxylic acids is 1. The van der Waals surface area contributed by atoms with Crippen molar-refractivity contribution in [3.63, 3.8) is 0 Å². The number of benzene rings is 1. The number of carboxylic acid groups (broad SMARTS) is 1. The highest BCUT2D eigenvalue weighted by Crippen LogP contribution is 2.21. The number of hydrogen-bond donors (Lipinski definition) is 3. The van der Waals surface area contributed by atoms with Gasteiger partial charge in [-0.15, -0.1) is 0 Å². The first-order chi connectivity index (χ1) is 9.58. The van der Waals surface area contributed by atoms with Crippen LogP contribution in [0.1, 0.15) is 35.2 Å². The first-order valence-corrected chi connectivity index (χ1v) is 6.91. The molecule has 1 aliphatic rings. The largest absolute Gasteiger partial charge is 0.478 e. The molecule has 108 valence electrons. The van der Waals surface area contributed by atoms with Crippen LogP contribution in [-0.2, 0) is 4.79 Å². The van der Waals surface area contributed by atoms with Crippen molar-refractivity contribution in [3.8, 4) is 0 Å². The highest BCUT2D eigenvalue weighted by atomic mass is 16.4. The summed E-state index contributed by atoms with van der Waals surface area (Å²) in [5, 5.41) is 15.2. The van der Waals surface area contributed by atoms with Gasteiger partial charge in [0.1, 0.15) is 0 Å². The zero-order valence-corrected chi connectivity index (χ0v) is 11.6. The van der Waals surface area contributed by atoms with Gasteiger partial charge in [0, 0.05) is 6.42 Å². The monoisotopic (exact) mass is 276 g/mol. The molecule has 5 nitrogen and oxygen atoms in total. The lowest BCUT2D eigenvalue weighted by Gasteiger charge is -2.22. The number of hydrogen-bond acceptors (Lipinski definition) is 3. The second-order valence-electron chi connectivity index (χ2n) is 5.25. The Morgan fingerprint density at radius 2 is 2.05 bits per heavy atom. The quantitative estimate of drug-likeness (QED) is 0.786. The first-order valence-electron chi connectivity index (χ1n) is 6.91. The van der Waals surface area contributed by atoms with E-state index in [-0.39, 0.29) is 11.5 Å². The molecule has 0 unspecified atom stereocenters. The SMILES string of the molecule is Cc1cccc(NC(=O)CC2CCNCC2)c1C(=O)O. The van der Waals surface area contributed by atoms with E-state index in [9.17, 15) is 14.7 Å². The van der Waals surface area contributed by atoms with Crippen LogP contribution in [0.5, 0.6) is 0 Å². The summed E-state index contributed by atoms with van der Waals surface area (Å²) in [6, 6.07) is 5.12. The smallest absolute Gasteiger partial charge is 0.338 e. The maximum absolute atomic E-state index is 12.0. The second kappa shape index (κ2) is 6.52. The molecule has 0 aliphatic carbocycles. The van der Waals surface area contributed by atoms with Gasteiger partial charge in [0.2, 0.25) is 5.91 Å². The summed E-state index contributed by atoms with van der Waals surface area (Å²) in [4.78, 5) is 23.3. The summed E-state index contributed by atoms with van der Waals surface area (Å²) >= 11 is 0. The molecular weight excluding hydrogens is 256 g/mol. The lowest BCUT2D eigenvalue weighted by atomic mass is 9.94. The molecule has 0 aromatic heterocycles. The molecule has 20 heavy (non-hydrogen) atoms. The lowest BCUT2D eigenvalue weighted by Crippen LogP contribution is -2.30. The zero-order valence-electron chi connectivity index (χ0n) is 11.6. The van der Waals surface area contributed by atoms with E-state index in [4.69, 9.17) is 0 Å². The molecule has 0 atom stereocenters. The minimum Gasteiger partial charge on any atom is -0.478 e. The van der Waals surface area contributed by atoms with Crippen LogP contribution < -0.4 is 10.6 Å². The van der Waals surface area contributed by atoms with Crippen molar-refractivity contribution >= 4 is 17.6 Å². The number of amides is 1. The Hall–Kier alpha value is -1.88. The van der Waals surface area contributed by atoms with Gasteiger partial charge in [0.05, 0.1) is 11.3 Å². The van der Waals surface area contributed by atoms with Gasteiger partial charge < -0.3 is 15.7 Å². The maximum atomic E-state index is 12.0. The van der Waals surface area contributed by atoms with Gasteiger partial charge in [-0.2, -0.15) is 0 Å². The molecule has 0 bridgehead atoms. The fourth-order valence-electron chi connectivity index (χ4n) is 2.61. The highest BCUT2D eigenvalue weighted by Gasteiger charge is 2.19. The summed E-state index contributed by atoms with van der Waals surface area (Å²) in [6.45, 7) is 3.62. The fraction of sp³-hybridized carbons (Fsp3) is 0.467. The Balaban J connectivity index is 2.04. The van der Waals surface area contributed by atoms with E-state index in [0.717, 1.165) is 25.9 Å².